The first-order chi connectivity index (χ1) is 10.1. The fraction of sp³-hybridized carbons (Fsp3) is 0.733. The molecule has 1 fully saturated rings. The molecule has 21 heavy (non-hydrogen) atoms. The Kier molecular flexibility index (Phi) is 5.61. The highest BCUT2D eigenvalue weighted by Gasteiger charge is 2.22. The number of urea groups is 1. The van der Waals surface area contributed by atoms with E-state index in [-0.39, 0.29) is 12.1 Å². The maximum absolute atomic E-state index is 12.2. The highest BCUT2D eigenvalue weighted by Crippen LogP contribution is 2.11. The molecular formula is C15H27N5O. The van der Waals surface area contributed by atoms with E-state index < -0.39 is 0 Å². The third kappa shape index (κ3) is 4.74. The first-order valence-electron chi connectivity index (χ1n) is 7.83. The summed E-state index contributed by atoms with van der Waals surface area (Å²) in [5, 5.41) is 3.14. The molecule has 0 bridgehead atoms. The van der Waals surface area contributed by atoms with Crippen molar-refractivity contribution in [1.29, 1.82) is 0 Å². The Bertz CT molecular complexity index is 457. The van der Waals surface area contributed by atoms with E-state index in [1.54, 1.807) is 18.1 Å². The smallest absolute Gasteiger partial charge is 0.317 e. The number of carbonyl (C=O) groups excluding carboxylic acids is 1. The van der Waals surface area contributed by atoms with Gasteiger partial charge in [0.2, 0.25) is 0 Å². The van der Waals surface area contributed by atoms with Crippen LogP contribution < -0.4 is 5.32 Å². The zero-order chi connectivity index (χ0) is 15.2. The third-order valence-corrected chi connectivity index (χ3v) is 3.86. The van der Waals surface area contributed by atoms with E-state index in [1.807, 2.05) is 6.92 Å². The topological polar surface area (TPSA) is 64.3 Å². The lowest BCUT2D eigenvalue weighted by molar-refractivity contribution is 0.171. The normalized spacial score (nSPS) is 19.5. The summed E-state index contributed by atoms with van der Waals surface area (Å²) >= 11 is 0. The number of imidazole rings is 1. The second kappa shape index (κ2) is 7.45. The number of rotatable bonds is 5. The van der Waals surface area contributed by atoms with Crippen LogP contribution in [0.3, 0.4) is 0 Å². The Morgan fingerprint density at radius 2 is 2.43 bits per heavy atom. The Morgan fingerprint density at radius 3 is 3.10 bits per heavy atom. The summed E-state index contributed by atoms with van der Waals surface area (Å²) in [6, 6.07) is 0.242. The molecule has 0 saturated carbocycles. The minimum Gasteiger partial charge on any atom is -0.345 e. The summed E-state index contributed by atoms with van der Waals surface area (Å²) in [7, 11) is 1.81. The van der Waals surface area contributed by atoms with Crippen LogP contribution in [0.4, 0.5) is 4.79 Å². The van der Waals surface area contributed by atoms with E-state index in [2.05, 4.69) is 27.1 Å². The van der Waals surface area contributed by atoms with Crippen LogP contribution in [0.25, 0.3) is 0 Å². The van der Waals surface area contributed by atoms with Crippen LogP contribution in [0.2, 0.25) is 0 Å². The van der Waals surface area contributed by atoms with Crippen LogP contribution in [0.5, 0.6) is 0 Å². The Morgan fingerprint density at radius 1 is 1.62 bits per heavy atom. The number of piperidine rings is 1. The summed E-state index contributed by atoms with van der Waals surface area (Å²) < 4.78 is 0. The van der Waals surface area contributed by atoms with E-state index in [4.69, 9.17) is 0 Å². The largest absolute Gasteiger partial charge is 0.345 e. The van der Waals surface area contributed by atoms with Crippen molar-refractivity contribution in [2.45, 2.75) is 45.7 Å². The Labute approximate surface area is 126 Å². The molecule has 1 aliphatic rings. The number of hydrogen-bond acceptors (Lipinski definition) is 3. The highest BCUT2D eigenvalue weighted by atomic mass is 16.2. The molecule has 0 aromatic carbocycles. The number of aryl methyl sites for hydroxylation is 1. The van der Waals surface area contributed by atoms with E-state index in [1.165, 1.54) is 6.42 Å². The standard InChI is InChI=1S/C15H27N5O/c1-4-7-20-8-5-6-13(10-20)18-15(21)19(3)11-14-16-9-12(2)17-14/h9,13H,4-8,10-11H2,1-3H3,(H,16,17)(H,18,21). The van der Waals surface area contributed by atoms with Gasteiger partial charge in [0.05, 0.1) is 6.54 Å². The molecule has 6 heteroatoms. The molecule has 1 aromatic rings. The Hall–Kier alpha value is -1.56. The van der Waals surface area contributed by atoms with Crippen LogP contribution >= 0.6 is 0 Å². The average molecular weight is 293 g/mol. The molecule has 0 spiro atoms. The van der Waals surface area contributed by atoms with Gasteiger partial charge in [-0.25, -0.2) is 9.78 Å². The number of H-pyrrole nitrogens is 1. The van der Waals surface area contributed by atoms with Crippen molar-refractivity contribution < 1.29 is 4.79 Å². The number of amides is 2. The molecular weight excluding hydrogens is 266 g/mol. The first kappa shape index (κ1) is 15.8. The third-order valence-electron chi connectivity index (χ3n) is 3.86. The van der Waals surface area contributed by atoms with Crippen LogP contribution in [-0.4, -0.2) is 58.5 Å². The van der Waals surface area contributed by atoms with Gasteiger partial charge in [-0.05, 0) is 39.3 Å². The zero-order valence-corrected chi connectivity index (χ0v) is 13.4. The summed E-state index contributed by atoms with van der Waals surface area (Å²) in [5.74, 6) is 0.821. The maximum atomic E-state index is 12.2. The second-order valence-corrected chi connectivity index (χ2v) is 5.96. The fourth-order valence-corrected chi connectivity index (χ4v) is 2.82. The lowest BCUT2D eigenvalue weighted by Gasteiger charge is -2.33. The van der Waals surface area contributed by atoms with E-state index >= 15 is 0 Å². The molecule has 2 amide bonds. The molecule has 118 valence electrons. The molecule has 1 saturated heterocycles. The molecule has 2 heterocycles. The van der Waals surface area contributed by atoms with Gasteiger partial charge < -0.3 is 20.1 Å². The van der Waals surface area contributed by atoms with E-state index in [0.717, 1.165) is 44.0 Å². The lowest BCUT2D eigenvalue weighted by Crippen LogP contribution is -2.50. The Balaban J connectivity index is 1.80. The number of likely N-dealkylation sites (tertiary alicyclic amines) is 1. The summed E-state index contributed by atoms with van der Waals surface area (Å²) in [6.07, 6.45) is 5.18. The number of nitrogens with one attached hydrogen (secondary N) is 2. The number of nitrogens with zero attached hydrogens (tertiary/aromatic N) is 3. The number of aromatic amines is 1. The van der Waals surface area contributed by atoms with Gasteiger partial charge in [0.25, 0.3) is 0 Å². The van der Waals surface area contributed by atoms with Crippen LogP contribution in [0.15, 0.2) is 6.20 Å². The second-order valence-electron chi connectivity index (χ2n) is 5.96. The van der Waals surface area contributed by atoms with Crippen molar-refractivity contribution in [1.82, 2.24) is 25.1 Å². The van der Waals surface area contributed by atoms with Gasteiger partial charge in [-0.2, -0.15) is 0 Å². The minimum atomic E-state index is -0.0209. The molecule has 2 rings (SSSR count). The number of aromatic nitrogens is 2. The van der Waals surface area contributed by atoms with Crippen LogP contribution in [-0.2, 0) is 6.54 Å². The van der Waals surface area contributed by atoms with E-state index in [0.29, 0.717) is 6.54 Å². The first-order valence-corrected chi connectivity index (χ1v) is 7.83. The number of hydrogen-bond donors (Lipinski definition) is 2. The van der Waals surface area contributed by atoms with Crippen LogP contribution in [0, 0.1) is 6.92 Å². The summed E-state index contributed by atoms with van der Waals surface area (Å²) in [5.41, 5.74) is 1.02. The van der Waals surface area contributed by atoms with Gasteiger partial charge in [0.1, 0.15) is 5.82 Å². The minimum absolute atomic E-state index is 0.0209. The zero-order valence-electron chi connectivity index (χ0n) is 13.4. The molecule has 6 nitrogen and oxygen atoms in total. The quantitative estimate of drug-likeness (QED) is 0.869. The van der Waals surface area contributed by atoms with Gasteiger partial charge in [-0.1, -0.05) is 6.92 Å². The molecule has 1 aromatic heterocycles. The molecule has 1 unspecified atom stereocenters. The van der Waals surface area contributed by atoms with E-state index in [9.17, 15) is 4.79 Å². The van der Waals surface area contributed by atoms with Gasteiger partial charge in [-0.3, -0.25) is 0 Å². The predicted molar refractivity (Wildman–Crippen MR) is 83.1 cm³/mol. The monoisotopic (exact) mass is 293 g/mol. The van der Waals surface area contributed by atoms with Crippen molar-refractivity contribution in [3.05, 3.63) is 17.7 Å². The van der Waals surface area contributed by atoms with Crippen molar-refractivity contribution in [3.63, 3.8) is 0 Å². The highest BCUT2D eigenvalue weighted by molar-refractivity contribution is 5.74. The molecule has 2 N–H and O–H groups in total. The van der Waals surface area contributed by atoms with Crippen molar-refractivity contribution in [3.8, 4) is 0 Å². The molecule has 0 aliphatic carbocycles. The number of carbonyl (C=O) groups is 1. The van der Waals surface area contributed by atoms with Crippen molar-refractivity contribution in [2.75, 3.05) is 26.7 Å². The van der Waals surface area contributed by atoms with Gasteiger partial charge >= 0.3 is 6.03 Å². The molecule has 0 radical (unpaired) electrons. The molecule has 1 aliphatic heterocycles. The maximum Gasteiger partial charge on any atom is 0.317 e. The summed E-state index contributed by atoms with van der Waals surface area (Å²) in [6.45, 7) is 7.90. The fourth-order valence-electron chi connectivity index (χ4n) is 2.82. The average Bonchev–Trinajstić information content (AvgIpc) is 2.85. The predicted octanol–water partition coefficient (Wildman–Crippen LogP) is 1.73. The lowest BCUT2D eigenvalue weighted by atomic mass is 10.1. The van der Waals surface area contributed by atoms with Crippen molar-refractivity contribution >= 4 is 6.03 Å². The van der Waals surface area contributed by atoms with Crippen LogP contribution in [0.1, 0.15) is 37.7 Å². The van der Waals surface area contributed by atoms with Gasteiger partial charge in [-0.15, -0.1) is 0 Å². The van der Waals surface area contributed by atoms with Gasteiger partial charge in [0, 0.05) is 31.5 Å². The van der Waals surface area contributed by atoms with Gasteiger partial charge in [0.15, 0.2) is 0 Å². The summed E-state index contributed by atoms with van der Waals surface area (Å²) in [4.78, 5) is 23.7. The SMILES string of the molecule is CCCN1CCCC(NC(=O)N(C)Cc2ncc(C)[nH]2)C1. The molecule has 1 atom stereocenters. The van der Waals surface area contributed by atoms with Crippen molar-refractivity contribution in [2.24, 2.45) is 0 Å².